The minimum atomic E-state index is -0.668. The molecule has 0 aliphatic rings. The molecule has 0 fully saturated rings. The maximum Gasteiger partial charge on any atom is 0.170 e. The first-order valence-electron chi connectivity index (χ1n) is 6.75. The SMILES string of the molecule is Fc1ccc(NC(=S)NCCCSCc2ccco2)c(F)c1. The molecule has 1 heterocycles. The van der Waals surface area contributed by atoms with Gasteiger partial charge in [0, 0.05) is 12.6 Å². The van der Waals surface area contributed by atoms with Gasteiger partial charge >= 0.3 is 0 Å². The molecule has 1 aromatic heterocycles. The Balaban J connectivity index is 1.59. The van der Waals surface area contributed by atoms with Gasteiger partial charge in [0.1, 0.15) is 17.4 Å². The zero-order valence-corrected chi connectivity index (χ0v) is 13.4. The number of thioether (sulfide) groups is 1. The first-order chi connectivity index (χ1) is 10.6. The van der Waals surface area contributed by atoms with Gasteiger partial charge in [-0.25, -0.2) is 8.78 Å². The molecule has 0 atom stereocenters. The second-order valence-corrected chi connectivity index (χ2v) is 6.00. The van der Waals surface area contributed by atoms with Crippen molar-refractivity contribution in [3.63, 3.8) is 0 Å². The smallest absolute Gasteiger partial charge is 0.170 e. The van der Waals surface area contributed by atoms with Gasteiger partial charge in [0.25, 0.3) is 0 Å². The van der Waals surface area contributed by atoms with Crippen LogP contribution in [0.5, 0.6) is 0 Å². The quantitative estimate of drug-likeness (QED) is 0.583. The van der Waals surface area contributed by atoms with E-state index in [0.717, 1.165) is 29.8 Å². The number of anilines is 1. The highest BCUT2D eigenvalue weighted by atomic mass is 32.2. The molecule has 3 nitrogen and oxygen atoms in total. The summed E-state index contributed by atoms with van der Waals surface area (Å²) < 4.78 is 31.4. The van der Waals surface area contributed by atoms with E-state index in [-0.39, 0.29) is 5.69 Å². The molecule has 0 saturated heterocycles. The zero-order valence-electron chi connectivity index (χ0n) is 11.8. The molecule has 2 N–H and O–H groups in total. The van der Waals surface area contributed by atoms with E-state index in [1.54, 1.807) is 18.0 Å². The van der Waals surface area contributed by atoms with Gasteiger partial charge in [0.15, 0.2) is 5.11 Å². The summed E-state index contributed by atoms with van der Waals surface area (Å²) in [5.41, 5.74) is 0.158. The van der Waals surface area contributed by atoms with Gasteiger partial charge in [-0.15, -0.1) is 0 Å². The summed E-state index contributed by atoms with van der Waals surface area (Å²) >= 11 is 6.84. The third-order valence-corrected chi connectivity index (χ3v) is 4.07. The Morgan fingerprint density at radius 3 is 2.86 bits per heavy atom. The standard InChI is InChI=1S/C15H16F2N2OS2/c16-11-4-5-14(13(17)9-11)19-15(21)18-6-2-8-22-10-12-3-1-7-20-12/h1,3-5,7,9H,2,6,8,10H2,(H2,18,19,21). The summed E-state index contributed by atoms with van der Waals surface area (Å²) in [4.78, 5) is 0. The molecule has 2 rings (SSSR count). The van der Waals surface area contributed by atoms with Crippen LogP contribution in [0.3, 0.4) is 0 Å². The summed E-state index contributed by atoms with van der Waals surface area (Å²) in [5, 5.41) is 6.02. The highest BCUT2D eigenvalue weighted by Gasteiger charge is 2.05. The first kappa shape index (κ1) is 16.8. The van der Waals surface area contributed by atoms with E-state index in [9.17, 15) is 8.78 Å². The molecule has 118 valence electrons. The van der Waals surface area contributed by atoms with Crippen LogP contribution in [0.4, 0.5) is 14.5 Å². The van der Waals surface area contributed by atoms with Crippen LogP contribution in [0.15, 0.2) is 41.0 Å². The highest BCUT2D eigenvalue weighted by Crippen LogP contribution is 2.15. The maximum atomic E-state index is 13.4. The van der Waals surface area contributed by atoms with Crippen molar-refractivity contribution in [2.45, 2.75) is 12.2 Å². The number of halogens is 2. The monoisotopic (exact) mass is 342 g/mol. The van der Waals surface area contributed by atoms with Gasteiger partial charge in [-0.2, -0.15) is 11.8 Å². The van der Waals surface area contributed by atoms with Crippen LogP contribution >= 0.6 is 24.0 Å². The fourth-order valence-electron chi connectivity index (χ4n) is 1.70. The number of benzene rings is 1. The number of nitrogens with one attached hydrogen (secondary N) is 2. The third-order valence-electron chi connectivity index (χ3n) is 2.75. The van der Waals surface area contributed by atoms with Crippen molar-refractivity contribution in [3.05, 3.63) is 54.0 Å². The molecule has 0 bridgehead atoms. The van der Waals surface area contributed by atoms with Crippen LogP contribution in [-0.2, 0) is 5.75 Å². The van der Waals surface area contributed by atoms with Crippen LogP contribution in [0, 0.1) is 11.6 Å². The first-order valence-corrected chi connectivity index (χ1v) is 8.31. The molecule has 0 unspecified atom stereocenters. The van der Waals surface area contributed by atoms with Gasteiger partial charge < -0.3 is 15.1 Å². The molecule has 0 amide bonds. The predicted molar refractivity (Wildman–Crippen MR) is 90.1 cm³/mol. The van der Waals surface area contributed by atoms with Gasteiger partial charge in [0.2, 0.25) is 0 Å². The molecular weight excluding hydrogens is 326 g/mol. The zero-order chi connectivity index (χ0) is 15.8. The van der Waals surface area contributed by atoms with Crippen molar-refractivity contribution in [2.75, 3.05) is 17.6 Å². The lowest BCUT2D eigenvalue weighted by molar-refractivity contribution is 0.530. The van der Waals surface area contributed by atoms with Gasteiger partial charge in [-0.05, 0) is 48.7 Å². The molecule has 0 aliphatic carbocycles. The lowest BCUT2D eigenvalue weighted by Gasteiger charge is -2.11. The summed E-state index contributed by atoms with van der Waals surface area (Å²) in [6.45, 7) is 0.680. The molecule has 0 aliphatic heterocycles. The van der Waals surface area contributed by atoms with Gasteiger partial charge in [0.05, 0.1) is 17.7 Å². The second kappa shape index (κ2) is 8.75. The van der Waals surface area contributed by atoms with Crippen molar-refractivity contribution in [2.24, 2.45) is 0 Å². The number of hydrogen-bond acceptors (Lipinski definition) is 3. The van der Waals surface area contributed by atoms with E-state index in [2.05, 4.69) is 10.6 Å². The predicted octanol–water partition coefficient (Wildman–Crippen LogP) is 4.17. The van der Waals surface area contributed by atoms with E-state index in [0.29, 0.717) is 11.7 Å². The van der Waals surface area contributed by atoms with Crippen LogP contribution in [0.1, 0.15) is 12.2 Å². The Hall–Kier alpha value is -1.60. The van der Waals surface area contributed by atoms with Crippen LogP contribution in [0.2, 0.25) is 0 Å². The van der Waals surface area contributed by atoms with E-state index in [4.69, 9.17) is 16.6 Å². The van der Waals surface area contributed by atoms with Gasteiger partial charge in [-0.3, -0.25) is 0 Å². The normalized spacial score (nSPS) is 10.5. The Morgan fingerprint density at radius 2 is 2.14 bits per heavy atom. The lowest BCUT2D eigenvalue weighted by Crippen LogP contribution is -2.29. The average molecular weight is 342 g/mol. The molecule has 0 spiro atoms. The van der Waals surface area contributed by atoms with E-state index in [1.807, 2.05) is 12.1 Å². The summed E-state index contributed by atoms with van der Waals surface area (Å²) in [5.74, 6) is 1.48. The molecule has 22 heavy (non-hydrogen) atoms. The molecular formula is C15H16F2N2OS2. The van der Waals surface area contributed by atoms with Gasteiger partial charge in [-0.1, -0.05) is 0 Å². The fourth-order valence-corrected chi connectivity index (χ4v) is 2.77. The van der Waals surface area contributed by atoms with E-state index in [1.165, 1.54) is 12.1 Å². The van der Waals surface area contributed by atoms with Crippen molar-refractivity contribution in [1.82, 2.24) is 5.32 Å². The Kier molecular flexibility index (Phi) is 6.67. The molecule has 0 saturated carbocycles. The highest BCUT2D eigenvalue weighted by molar-refractivity contribution is 7.98. The maximum absolute atomic E-state index is 13.4. The van der Waals surface area contributed by atoms with Crippen LogP contribution < -0.4 is 10.6 Å². The van der Waals surface area contributed by atoms with Crippen molar-refractivity contribution in [3.8, 4) is 0 Å². The molecule has 7 heteroatoms. The minimum absolute atomic E-state index is 0.158. The van der Waals surface area contributed by atoms with Crippen molar-refractivity contribution in [1.29, 1.82) is 0 Å². The molecule has 0 radical (unpaired) electrons. The van der Waals surface area contributed by atoms with E-state index < -0.39 is 11.6 Å². The summed E-state index contributed by atoms with van der Waals surface area (Å²) in [6.07, 6.45) is 2.58. The minimum Gasteiger partial charge on any atom is -0.468 e. The summed E-state index contributed by atoms with van der Waals surface area (Å²) in [7, 11) is 0. The van der Waals surface area contributed by atoms with Crippen LogP contribution in [-0.4, -0.2) is 17.4 Å². The Morgan fingerprint density at radius 1 is 1.27 bits per heavy atom. The summed E-state index contributed by atoms with van der Waals surface area (Å²) in [6, 6.07) is 7.13. The second-order valence-electron chi connectivity index (χ2n) is 4.49. The third kappa shape index (κ3) is 5.65. The van der Waals surface area contributed by atoms with Crippen molar-refractivity contribution >= 4 is 34.8 Å². The number of furan rings is 1. The van der Waals surface area contributed by atoms with Crippen LogP contribution in [0.25, 0.3) is 0 Å². The average Bonchev–Trinajstić information content (AvgIpc) is 2.99. The number of rotatable bonds is 7. The topological polar surface area (TPSA) is 37.2 Å². The molecule has 2 aromatic rings. The van der Waals surface area contributed by atoms with Crippen molar-refractivity contribution < 1.29 is 13.2 Å². The largest absolute Gasteiger partial charge is 0.468 e. The lowest BCUT2D eigenvalue weighted by atomic mass is 10.3. The van der Waals surface area contributed by atoms with E-state index >= 15 is 0 Å². The number of hydrogen-bond donors (Lipinski definition) is 2. The fraction of sp³-hybridized carbons (Fsp3) is 0.267. The number of thiocarbonyl (C=S) groups is 1. The Bertz CT molecular complexity index is 606. The Labute approximate surface area is 137 Å². The molecule has 1 aromatic carbocycles.